The number of halogens is 3. The molecule has 0 atom stereocenters. The molecule has 10 heteroatoms. The molecule has 0 unspecified atom stereocenters. The lowest BCUT2D eigenvalue weighted by molar-refractivity contribution is -0.150. The fourth-order valence-corrected chi connectivity index (χ4v) is 4.31. The number of carbonyl (C=O) groups excluding carboxylic acids is 3. The lowest BCUT2D eigenvalue weighted by atomic mass is 9.98. The molecule has 2 aliphatic heterocycles. The third-order valence-corrected chi connectivity index (χ3v) is 6.04. The van der Waals surface area contributed by atoms with E-state index >= 15 is 0 Å². The van der Waals surface area contributed by atoms with Crippen molar-refractivity contribution in [2.24, 2.45) is 0 Å². The van der Waals surface area contributed by atoms with Gasteiger partial charge < -0.3 is 15.0 Å². The molecule has 0 bridgehead atoms. The Morgan fingerprint density at radius 2 is 1.87 bits per heavy atom. The minimum atomic E-state index is -4.55. The first-order valence-electron chi connectivity index (χ1n) is 9.88. The summed E-state index contributed by atoms with van der Waals surface area (Å²) in [6, 6.07) is 4.03. The van der Waals surface area contributed by atoms with Crippen LogP contribution in [-0.4, -0.2) is 59.0 Å². The Morgan fingerprint density at radius 1 is 1.20 bits per heavy atom. The second kappa shape index (κ2) is 7.57. The van der Waals surface area contributed by atoms with Crippen molar-refractivity contribution in [3.05, 3.63) is 35.4 Å². The maximum Gasteiger partial charge on any atom is 0.416 e. The number of alkyl halides is 3. The van der Waals surface area contributed by atoms with Crippen LogP contribution in [0, 0.1) is 0 Å². The zero-order chi connectivity index (χ0) is 21.5. The number of imide groups is 1. The van der Waals surface area contributed by atoms with Gasteiger partial charge in [0.15, 0.2) is 0 Å². The summed E-state index contributed by atoms with van der Waals surface area (Å²) in [6.07, 6.45) is -1.87. The quantitative estimate of drug-likeness (QED) is 0.735. The average molecular weight is 425 g/mol. The number of hydrogen-bond acceptors (Lipinski definition) is 4. The van der Waals surface area contributed by atoms with Gasteiger partial charge in [-0.3, -0.25) is 14.5 Å². The highest BCUT2D eigenvalue weighted by atomic mass is 19.4. The SMILES string of the molecule is O=C1NC2(CCCC2)C(=O)N1CC(=O)N(Cc1ccccc1C(F)(F)F)C1COC1. The van der Waals surface area contributed by atoms with E-state index in [1.807, 2.05) is 0 Å². The van der Waals surface area contributed by atoms with E-state index in [0.717, 1.165) is 23.8 Å². The van der Waals surface area contributed by atoms with Crippen molar-refractivity contribution in [1.82, 2.24) is 15.1 Å². The lowest BCUT2D eigenvalue weighted by Crippen LogP contribution is -2.54. The molecule has 162 valence electrons. The van der Waals surface area contributed by atoms with Crippen LogP contribution in [0.25, 0.3) is 0 Å². The molecule has 4 amide bonds. The Bertz CT molecular complexity index is 863. The van der Waals surface area contributed by atoms with Crippen molar-refractivity contribution in [3.63, 3.8) is 0 Å². The highest BCUT2D eigenvalue weighted by molar-refractivity contribution is 6.09. The van der Waals surface area contributed by atoms with Crippen molar-refractivity contribution >= 4 is 17.8 Å². The van der Waals surface area contributed by atoms with Crippen LogP contribution in [0.1, 0.15) is 36.8 Å². The second-order valence-corrected chi connectivity index (χ2v) is 7.98. The largest absolute Gasteiger partial charge is 0.416 e. The van der Waals surface area contributed by atoms with Gasteiger partial charge in [-0.15, -0.1) is 0 Å². The molecule has 1 spiro atoms. The zero-order valence-electron chi connectivity index (χ0n) is 16.2. The fourth-order valence-electron chi connectivity index (χ4n) is 4.31. The first kappa shape index (κ1) is 20.6. The Balaban J connectivity index is 1.53. The van der Waals surface area contributed by atoms with E-state index in [4.69, 9.17) is 4.74 Å². The topological polar surface area (TPSA) is 79.0 Å². The standard InChI is InChI=1S/C20H22F3N3O4/c21-20(22,23)15-6-2-1-5-13(15)9-25(14-11-30-12-14)16(27)10-26-17(28)19(24-18(26)29)7-3-4-8-19/h1-2,5-6,14H,3-4,7-12H2,(H,24,29). The average Bonchev–Trinajstić information content (AvgIpc) is 3.20. The molecule has 7 nitrogen and oxygen atoms in total. The van der Waals surface area contributed by atoms with Gasteiger partial charge in [0.2, 0.25) is 5.91 Å². The van der Waals surface area contributed by atoms with Crippen LogP contribution in [-0.2, 0) is 27.0 Å². The van der Waals surface area contributed by atoms with Gasteiger partial charge in [-0.1, -0.05) is 31.0 Å². The number of ether oxygens (including phenoxy) is 1. The van der Waals surface area contributed by atoms with Crippen LogP contribution in [0.2, 0.25) is 0 Å². The van der Waals surface area contributed by atoms with Crippen molar-refractivity contribution in [3.8, 4) is 0 Å². The molecule has 0 aromatic heterocycles. The van der Waals surface area contributed by atoms with E-state index in [0.29, 0.717) is 12.8 Å². The first-order valence-corrected chi connectivity index (χ1v) is 9.88. The lowest BCUT2D eigenvalue weighted by Gasteiger charge is -2.38. The molecular formula is C20H22F3N3O4. The van der Waals surface area contributed by atoms with Gasteiger partial charge in [0.25, 0.3) is 5.91 Å². The maximum atomic E-state index is 13.4. The van der Waals surface area contributed by atoms with E-state index in [-0.39, 0.29) is 25.3 Å². The summed E-state index contributed by atoms with van der Waals surface area (Å²) >= 11 is 0. The second-order valence-electron chi connectivity index (χ2n) is 7.98. The smallest absolute Gasteiger partial charge is 0.377 e. The summed E-state index contributed by atoms with van der Waals surface area (Å²) in [5.41, 5.74) is -1.80. The molecule has 3 fully saturated rings. The number of benzene rings is 1. The van der Waals surface area contributed by atoms with Crippen LogP contribution in [0.15, 0.2) is 24.3 Å². The molecule has 1 saturated carbocycles. The Hall–Kier alpha value is -2.62. The number of hydrogen-bond donors (Lipinski definition) is 1. The molecule has 1 aromatic carbocycles. The number of urea groups is 1. The van der Waals surface area contributed by atoms with Crippen LogP contribution in [0.4, 0.5) is 18.0 Å². The molecule has 4 rings (SSSR count). The molecular weight excluding hydrogens is 403 g/mol. The van der Waals surface area contributed by atoms with Crippen LogP contribution in [0.3, 0.4) is 0 Å². The molecule has 2 heterocycles. The molecule has 1 aliphatic carbocycles. The predicted octanol–water partition coefficient (Wildman–Crippen LogP) is 2.30. The highest BCUT2D eigenvalue weighted by Gasteiger charge is 2.53. The maximum absolute atomic E-state index is 13.4. The Kier molecular flexibility index (Phi) is 5.21. The number of nitrogens with zero attached hydrogens (tertiary/aromatic N) is 2. The van der Waals surface area contributed by atoms with Crippen molar-refractivity contribution in [1.29, 1.82) is 0 Å². The van der Waals surface area contributed by atoms with Gasteiger partial charge in [0.05, 0.1) is 24.8 Å². The number of rotatable bonds is 5. The Labute approximate surface area is 171 Å². The first-order chi connectivity index (χ1) is 14.2. The van der Waals surface area contributed by atoms with Gasteiger partial charge in [-0.05, 0) is 24.5 Å². The van der Waals surface area contributed by atoms with E-state index in [9.17, 15) is 27.6 Å². The van der Waals surface area contributed by atoms with Crippen LogP contribution < -0.4 is 5.32 Å². The summed E-state index contributed by atoms with van der Waals surface area (Å²) < 4.78 is 45.2. The summed E-state index contributed by atoms with van der Waals surface area (Å²) in [6.45, 7) is -0.386. The normalized spacial score (nSPS) is 21.1. The number of carbonyl (C=O) groups is 3. The van der Waals surface area contributed by atoms with E-state index in [1.54, 1.807) is 0 Å². The summed E-state index contributed by atoms with van der Waals surface area (Å²) in [5, 5.41) is 2.70. The van der Waals surface area contributed by atoms with Gasteiger partial charge in [-0.25, -0.2) is 4.79 Å². The van der Waals surface area contributed by atoms with Crippen LogP contribution in [0.5, 0.6) is 0 Å². The van der Waals surface area contributed by atoms with Crippen molar-refractivity contribution < 1.29 is 32.3 Å². The van der Waals surface area contributed by atoms with Crippen molar-refractivity contribution in [2.75, 3.05) is 19.8 Å². The molecule has 2 saturated heterocycles. The minimum Gasteiger partial charge on any atom is -0.377 e. The van der Waals surface area contributed by atoms with E-state index in [2.05, 4.69) is 5.32 Å². The van der Waals surface area contributed by atoms with E-state index in [1.165, 1.54) is 23.1 Å². The van der Waals surface area contributed by atoms with Gasteiger partial charge >= 0.3 is 12.2 Å². The fraction of sp³-hybridized carbons (Fsp3) is 0.550. The molecule has 0 radical (unpaired) electrons. The predicted molar refractivity (Wildman–Crippen MR) is 98.0 cm³/mol. The minimum absolute atomic E-state index is 0.0466. The van der Waals surface area contributed by atoms with Gasteiger partial charge in [0, 0.05) is 6.54 Å². The van der Waals surface area contributed by atoms with Gasteiger partial charge in [-0.2, -0.15) is 13.2 Å². The van der Waals surface area contributed by atoms with Crippen molar-refractivity contribution in [2.45, 2.75) is 50.0 Å². The zero-order valence-corrected chi connectivity index (χ0v) is 16.2. The molecule has 1 N–H and O–H groups in total. The molecule has 30 heavy (non-hydrogen) atoms. The third kappa shape index (κ3) is 3.64. The summed E-state index contributed by atoms with van der Waals surface area (Å²) in [4.78, 5) is 40.3. The number of amides is 4. The highest BCUT2D eigenvalue weighted by Crippen LogP contribution is 2.35. The number of nitrogens with one attached hydrogen (secondary N) is 1. The molecule has 3 aliphatic rings. The van der Waals surface area contributed by atoms with E-state index < -0.39 is 47.7 Å². The molecule has 1 aromatic rings. The third-order valence-electron chi connectivity index (χ3n) is 6.04. The van der Waals surface area contributed by atoms with Gasteiger partial charge in [0.1, 0.15) is 12.1 Å². The summed E-state index contributed by atoms with van der Waals surface area (Å²) in [7, 11) is 0. The monoisotopic (exact) mass is 425 g/mol. The Morgan fingerprint density at radius 3 is 2.47 bits per heavy atom. The summed E-state index contributed by atoms with van der Waals surface area (Å²) in [5.74, 6) is -1.02. The van der Waals surface area contributed by atoms with Crippen LogP contribution >= 0.6 is 0 Å².